The van der Waals surface area contributed by atoms with Crippen molar-refractivity contribution in [3.05, 3.63) is 0 Å². The van der Waals surface area contributed by atoms with Crippen molar-refractivity contribution < 1.29 is 14.7 Å². The van der Waals surface area contributed by atoms with Crippen molar-refractivity contribution in [1.82, 2.24) is 5.32 Å². The van der Waals surface area contributed by atoms with E-state index in [0.29, 0.717) is 5.92 Å². The molecular formula is C11H22N2O3. The van der Waals surface area contributed by atoms with E-state index >= 15 is 0 Å². The van der Waals surface area contributed by atoms with Crippen LogP contribution < -0.4 is 11.1 Å². The molecule has 0 fully saturated rings. The van der Waals surface area contributed by atoms with Crippen LogP contribution in [0.5, 0.6) is 0 Å². The molecule has 0 saturated carbocycles. The molecule has 16 heavy (non-hydrogen) atoms. The van der Waals surface area contributed by atoms with Crippen LogP contribution in [0.2, 0.25) is 0 Å². The normalized spacial score (nSPS) is 14.6. The minimum absolute atomic E-state index is 0.0368. The predicted molar refractivity (Wildman–Crippen MR) is 61.9 cm³/mol. The van der Waals surface area contributed by atoms with Gasteiger partial charge in [-0.05, 0) is 25.7 Å². The summed E-state index contributed by atoms with van der Waals surface area (Å²) in [7, 11) is 0. The molecule has 5 heteroatoms. The van der Waals surface area contributed by atoms with Crippen molar-refractivity contribution >= 4 is 11.9 Å². The van der Waals surface area contributed by atoms with Gasteiger partial charge in [-0.3, -0.25) is 9.59 Å². The van der Waals surface area contributed by atoms with E-state index < -0.39 is 17.9 Å². The Labute approximate surface area is 96.4 Å². The molecule has 5 nitrogen and oxygen atoms in total. The maximum Gasteiger partial charge on any atom is 0.305 e. The van der Waals surface area contributed by atoms with Gasteiger partial charge in [0.2, 0.25) is 5.91 Å². The van der Waals surface area contributed by atoms with Crippen LogP contribution in [-0.2, 0) is 9.59 Å². The fraction of sp³-hybridized carbons (Fsp3) is 0.818. The zero-order valence-corrected chi connectivity index (χ0v) is 10.2. The van der Waals surface area contributed by atoms with E-state index in [1.165, 1.54) is 0 Å². The fourth-order valence-corrected chi connectivity index (χ4v) is 1.29. The number of hydrogen-bond acceptors (Lipinski definition) is 3. The molecule has 0 aromatic heterocycles. The van der Waals surface area contributed by atoms with E-state index in [4.69, 9.17) is 10.8 Å². The van der Waals surface area contributed by atoms with Gasteiger partial charge in [0, 0.05) is 6.04 Å². The van der Waals surface area contributed by atoms with Gasteiger partial charge in [0.15, 0.2) is 0 Å². The first kappa shape index (κ1) is 14.9. The van der Waals surface area contributed by atoms with Gasteiger partial charge in [-0.1, -0.05) is 13.8 Å². The van der Waals surface area contributed by atoms with Gasteiger partial charge in [-0.25, -0.2) is 0 Å². The van der Waals surface area contributed by atoms with Crippen molar-refractivity contribution in [2.45, 2.75) is 52.1 Å². The molecule has 0 saturated heterocycles. The number of hydrogen-bond donors (Lipinski definition) is 3. The lowest BCUT2D eigenvalue weighted by molar-refractivity contribution is -0.139. The van der Waals surface area contributed by atoms with Crippen LogP contribution in [-0.4, -0.2) is 29.1 Å². The molecule has 94 valence electrons. The van der Waals surface area contributed by atoms with E-state index in [1.807, 2.05) is 6.92 Å². The maximum absolute atomic E-state index is 11.4. The molecule has 0 unspecified atom stereocenters. The summed E-state index contributed by atoms with van der Waals surface area (Å²) < 4.78 is 0. The second-order valence-corrected chi connectivity index (χ2v) is 4.59. The summed E-state index contributed by atoms with van der Waals surface area (Å²) >= 11 is 0. The van der Waals surface area contributed by atoms with E-state index in [1.54, 1.807) is 0 Å². The van der Waals surface area contributed by atoms with Crippen LogP contribution >= 0.6 is 0 Å². The standard InChI is InChI=1S/C11H22N2O3/c1-7(2)4-5-8(3)13-11(16)9(12)6-10(14)15/h7-9H,4-6,12H2,1-3H3,(H,13,16)(H,14,15)/t8-,9-/m1/s1. The van der Waals surface area contributed by atoms with Gasteiger partial charge in [0.1, 0.15) is 0 Å². The number of amides is 1. The van der Waals surface area contributed by atoms with Crippen LogP contribution in [0.4, 0.5) is 0 Å². The van der Waals surface area contributed by atoms with Crippen molar-refractivity contribution in [3.63, 3.8) is 0 Å². The second-order valence-electron chi connectivity index (χ2n) is 4.59. The third-order valence-electron chi connectivity index (χ3n) is 2.30. The van der Waals surface area contributed by atoms with Gasteiger partial charge in [-0.2, -0.15) is 0 Å². The first-order valence-corrected chi connectivity index (χ1v) is 5.60. The lowest BCUT2D eigenvalue weighted by atomic mass is 10.0. The smallest absolute Gasteiger partial charge is 0.305 e. The van der Waals surface area contributed by atoms with Crippen LogP contribution in [0, 0.1) is 5.92 Å². The number of carbonyl (C=O) groups is 2. The Kier molecular flexibility index (Phi) is 6.72. The average molecular weight is 230 g/mol. The van der Waals surface area contributed by atoms with Crippen LogP contribution in [0.3, 0.4) is 0 Å². The van der Waals surface area contributed by atoms with Crippen LogP contribution in [0.1, 0.15) is 40.0 Å². The minimum Gasteiger partial charge on any atom is -0.481 e. The number of aliphatic carboxylic acids is 1. The zero-order valence-electron chi connectivity index (χ0n) is 10.2. The molecule has 1 amide bonds. The molecule has 0 rings (SSSR count). The largest absolute Gasteiger partial charge is 0.481 e. The molecule has 0 heterocycles. The highest BCUT2D eigenvalue weighted by atomic mass is 16.4. The summed E-state index contributed by atoms with van der Waals surface area (Å²) in [5.41, 5.74) is 5.43. The van der Waals surface area contributed by atoms with Gasteiger partial charge >= 0.3 is 5.97 Å². The van der Waals surface area contributed by atoms with Gasteiger partial charge in [0.25, 0.3) is 0 Å². The molecule has 0 radical (unpaired) electrons. The predicted octanol–water partition coefficient (Wildman–Crippen LogP) is 0.729. The molecule has 0 aromatic rings. The average Bonchev–Trinajstić information content (AvgIpc) is 2.13. The van der Waals surface area contributed by atoms with Gasteiger partial charge < -0.3 is 16.2 Å². The number of nitrogens with two attached hydrogens (primary N) is 1. The Bertz CT molecular complexity index is 241. The number of nitrogens with one attached hydrogen (secondary N) is 1. The lowest BCUT2D eigenvalue weighted by Gasteiger charge is -2.17. The molecule has 0 spiro atoms. The van der Waals surface area contributed by atoms with Crippen LogP contribution in [0.25, 0.3) is 0 Å². The summed E-state index contributed by atoms with van der Waals surface area (Å²) in [5, 5.41) is 11.2. The molecule has 0 bridgehead atoms. The number of rotatable bonds is 7. The number of carboxylic acids is 1. The first-order chi connectivity index (χ1) is 7.32. The van der Waals surface area contributed by atoms with Crippen molar-refractivity contribution in [2.24, 2.45) is 11.7 Å². The number of carboxylic acid groups (broad SMARTS) is 1. The summed E-state index contributed by atoms with van der Waals surface area (Å²) in [6.07, 6.45) is 1.57. The maximum atomic E-state index is 11.4. The molecule has 0 aromatic carbocycles. The van der Waals surface area contributed by atoms with Crippen molar-refractivity contribution in [2.75, 3.05) is 0 Å². The van der Waals surface area contributed by atoms with E-state index in [-0.39, 0.29) is 12.5 Å². The summed E-state index contributed by atoms with van der Waals surface area (Å²) in [6.45, 7) is 6.13. The molecule has 0 aliphatic heterocycles. The third kappa shape index (κ3) is 7.23. The molecule has 0 aliphatic rings. The summed E-state index contributed by atoms with van der Waals surface area (Å²) in [5.74, 6) is -0.858. The fourth-order valence-electron chi connectivity index (χ4n) is 1.29. The van der Waals surface area contributed by atoms with Crippen molar-refractivity contribution in [3.8, 4) is 0 Å². The minimum atomic E-state index is -1.06. The summed E-state index contributed by atoms with van der Waals surface area (Å²) in [6, 6.07) is -0.922. The Hall–Kier alpha value is -1.10. The number of carbonyl (C=O) groups excluding carboxylic acids is 1. The Balaban J connectivity index is 3.89. The van der Waals surface area contributed by atoms with Gasteiger partial charge in [-0.15, -0.1) is 0 Å². The van der Waals surface area contributed by atoms with Crippen LogP contribution in [0.15, 0.2) is 0 Å². The highest BCUT2D eigenvalue weighted by Gasteiger charge is 2.18. The van der Waals surface area contributed by atoms with E-state index in [0.717, 1.165) is 12.8 Å². The monoisotopic (exact) mass is 230 g/mol. The molecule has 0 aliphatic carbocycles. The highest BCUT2D eigenvalue weighted by Crippen LogP contribution is 2.06. The van der Waals surface area contributed by atoms with Gasteiger partial charge in [0.05, 0.1) is 12.5 Å². The molecular weight excluding hydrogens is 208 g/mol. The Morgan fingerprint density at radius 3 is 2.25 bits per heavy atom. The highest BCUT2D eigenvalue weighted by molar-refractivity contribution is 5.86. The summed E-state index contributed by atoms with van der Waals surface area (Å²) in [4.78, 5) is 21.8. The van der Waals surface area contributed by atoms with E-state index in [2.05, 4.69) is 19.2 Å². The Morgan fingerprint density at radius 2 is 1.81 bits per heavy atom. The molecule has 2 atom stereocenters. The lowest BCUT2D eigenvalue weighted by Crippen LogP contribution is -2.45. The van der Waals surface area contributed by atoms with Crippen molar-refractivity contribution in [1.29, 1.82) is 0 Å². The first-order valence-electron chi connectivity index (χ1n) is 5.60. The SMILES string of the molecule is CC(C)CC[C@@H](C)NC(=O)[C@H](N)CC(=O)O. The third-order valence-corrected chi connectivity index (χ3v) is 2.30. The zero-order chi connectivity index (χ0) is 12.7. The topological polar surface area (TPSA) is 92.4 Å². The second kappa shape index (κ2) is 7.22. The molecule has 4 N–H and O–H groups in total. The quantitative estimate of drug-likeness (QED) is 0.601. The van der Waals surface area contributed by atoms with E-state index in [9.17, 15) is 9.59 Å². The Morgan fingerprint density at radius 1 is 1.25 bits per heavy atom.